The van der Waals surface area contributed by atoms with Crippen molar-refractivity contribution in [2.45, 2.75) is 28.4 Å². The zero-order valence-electron chi connectivity index (χ0n) is 39.3. The Balaban J connectivity index is 0.00000642. The summed E-state index contributed by atoms with van der Waals surface area (Å²) in [4.78, 5) is 8.60. The van der Waals surface area contributed by atoms with Crippen molar-refractivity contribution in [2.75, 3.05) is 49.7 Å². The molecule has 0 spiro atoms. The van der Waals surface area contributed by atoms with Crippen molar-refractivity contribution in [2.24, 2.45) is 0 Å². The zero-order valence-corrected chi connectivity index (χ0v) is 45.9. The fourth-order valence-corrected chi connectivity index (χ4v) is 9.81. The Labute approximate surface area is 458 Å². The van der Waals surface area contributed by atoms with E-state index in [1.807, 2.05) is 97.1 Å². The summed E-state index contributed by atoms with van der Waals surface area (Å²) in [5.74, 6) is 3.09. The van der Waals surface area contributed by atoms with Crippen LogP contribution in [0, 0.1) is 0 Å². The summed E-state index contributed by atoms with van der Waals surface area (Å²) in [5, 5.41) is -1.06. The third-order valence-corrected chi connectivity index (χ3v) is 14.6. The smallest absolute Gasteiger partial charge is 0.748 e. The van der Waals surface area contributed by atoms with Gasteiger partial charge in [-0.05, 0) is 181 Å². The van der Waals surface area contributed by atoms with Crippen molar-refractivity contribution < 1.29 is 90.1 Å². The minimum atomic E-state index is -4.49. The van der Waals surface area contributed by atoms with Gasteiger partial charge in [0.1, 0.15) is 23.0 Å². The molecule has 0 radical (unpaired) electrons. The molecular formula is C56H50N3O7RbS2. The Morgan fingerprint density at radius 2 is 0.739 bits per heavy atom. The third kappa shape index (κ3) is 11.1. The molecule has 9 rings (SSSR count). The van der Waals surface area contributed by atoms with Crippen molar-refractivity contribution in [1.82, 2.24) is 0 Å². The zero-order chi connectivity index (χ0) is 47.4. The molecule has 1 atom stereocenters. The van der Waals surface area contributed by atoms with Crippen molar-refractivity contribution in [3.63, 3.8) is 0 Å². The van der Waals surface area contributed by atoms with Crippen LogP contribution in [0.1, 0.15) is 13.3 Å². The van der Waals surface area contributed by atoms with E-state index in [1.54, 1.807) is 40.2 Å². The Bertz CT molecular complexity index is 2830. The average Bonchev–Trinajstić information content (AvgIpc) is 3.38. The Morgan fingerprint density at radius 1 is 0.464 bits per heavy atom. The monoisotopic (exact) mass is 1030 g/mol. The molecule has 1 heterocycles. The molecule has 13 heteroatoms. The Kier molecular flexibility index (Phi) is 15.9. The summed E-state index contributed by atoms with van der Waals surface area (Å²) in [5.41, 5.74) is 11.7. The van der Waals surface area contributed by atoms with Crippen molar-refractivity contribution >= 4 is 67.4 Å². The number of fused-ring (bicyclic) bond motifs is 2. The predicted octanol–water partition coefficient (Wildman–Crippen LogP) is 10.9. The van der Waals surface area contributed by atoms with Gasteiger partial charge in [0.15, 0.2) is 0 Å². The fourth-order valence-electron chi connectivity index (χ4n) is 8.36. The first kappa shape index (κ1) is 49.8. The minimum Gasteiger partial charge on any atom is -0.748 e. The normalized spacial score (nSPS) is 12.2. The minimum absolute atomic E-state index is 0. The summed E-state index contributed by atoms with van der Waals surface area (Å²) in [6.07, 6.45) is 0.159. The summed E-state index contributed by atoms with van der Waals surface area (Å²) in [7, 11) is 2.14. The molecule has 0 amide bonds. The van der Waals surface area contributed by atoms with Gasteiger partial charge in [-0.3, -0.25) is 0 Å². The molecule has 344 valence electrons. The largest absolute Gasteiger partial charge is 1.00 e. The molecule has 0 saturated carbocycles. The maximum absolute atomic E-state index is 12.2. The number of anilines is 8. The number of nitrogens with zero attached hydrogens (tertiary/aromatic N) is 3. The molecule has 1 unspecified atom stereocenters. The second-order valence-electron chi connectivity index (χ2n) is 16.3. The van der Waals surface area contributed by atoms with Crippen LogP contribution in [-0.2, 0) is 10.1 Å². The summed E-state index contributed by atoms with van der Waals surface area (Å²) >= 11 is 1.68. The van der Waals surface area contributed by atoms with Gasteiger partial charge < -0.3 is 38.2 Å². The maximum Gasteiger partial charge on any atom is 1.00 e. The van der Waals surface area contributed by atoms with Crippen LogP contribution in [0.25, 0.3) is 22.3 Å². The summed E-state index contributed by atoms with van der Waals surface area (Å²) < 4.78 is 58.4. The number of rotatable bonds is 16. The van der Waals surface area contributed by atoms with Gasteiger partial charge in [0.05, 0.1) is 49.9 Å². The molecule has 1 aliphatic rings. The first-order valence-electron chi connectivity index (χ1n) is 22.1. The molecule has 8 aromatic rings. The van der Waals surface area contributed by atoms with Crippen LogP contribution in [-0.4, -0.2) is 53.2 Å². The SMILES string of the molecule is COc1ccc(N(c2ccc(OC)cc2)c2ccc(-c3ccc4c(c3)N(CCC(C)S(=O)(=O)[O-])c3cc(-c5ccc(N(c6ccc(OC)cc6)c6ccc(OC)cc6)cc5)ccc3S4)cc2)cc1.[Rb+]. The number of hydrogen-bond donors (Lipinski definition) is 0. The van der Waals surface area contributed by atoms with E-state index in [0.29, 0.717) is 6.54 Å². The number of hydrogen-bond acceptors (Lipinski definition) is 11. The number of methoxy groups -OCH3 is 4. The van der Waals surface area contributed by atoms with E-state index in [4.69, 9.17) is 18.9 Å². The average molecular weight is 1030 g/mol. The van der Waals surface area contributed by atoms with Gasteiger partial charge in [-0.2, -0.15) is 0 Å². The van der Waals surface area contributed by atoms with Gasteiger partial charge in [-0.1, -0.05) is 48.2 Å². The maximum atomic E-state index is 12.2. The molecule has 0 aliphatic carbocycles. The molecule has 0 aromatic heterocycles. The quantitative estimate of drug-likeness (QED) is 0.0864. The number of benzene rings is 8. The molecule has 0 N–H and O–H groups in total. The summed E-state index contributed by atoms with van der Waals surface area (Å²) in [6, 6.07) is 61.6. The Hall–Kier alpha value is -5.57. The Morgan fingerprint density at radius 3 is 1.01 bits per heavy atom. The molecule has 0 saturated heterocycles. The molecule has 1 aliphatic heterocycles. The van der Waals surface area contributed by atoms with Gasteiger partial charge >= 0.3 is 58.2 Å². The van der Waals surface area contributed by atoms with Gasteiger partial charge in [0, 0.05) is 55.7 Å². The topological polar surface area (TPSA) is 104 Å². The van der Waals surface area contributed by atoms with Gasteiger partial charge in [0.2, 0.25) is 0 Å². The van der Waals surface area contributed by atoms with E-state index >= 15 is 0 Å². The van der Waals surface area contributed by atoms with Crippen molar-refractivity contribution in [3.05, 3.63) is 182 Å². The first-order valence-corrected chi connectivity index (χ1v) is 24.4. The molecule has 0 bridgehead atoms. The number of ether oxygens (including phenoxy) is 4. The van der Waals surface area contributed by atoms with Crippen LogP contribution in [0.15, 0.2) is 192 Å². The second-order valence-corrected chi connectivity index (χ2v) is 19.1. The second kappa shape index (κ2) is 22.0. The van der Waals surface area contributed by atoms with Crippen molar-refractivity contribution in [3.8, 4) is 45.3 Å². The van der Waals surface area contributed by atoms with E-state index < -0.39 is 15.4 Å². The van der Waals surface area contributed by atoms with Crippen LogP contribution in [0.4, 0.5) is 45.5 Å². The van der Waals surface area contributed by atoms with Gasteiger partial charge in [-0.15, -0.1) is 0 Å². The van der Waals surface area contributed by atoms with Crippen LogP contribution in [0.5, 0.6) is 23.0 Å². The van der Waals surface area contributed by atoms with E-state index in [1.165, 1.54) is 6.92 Å². The van der Waals surface area contributed by atoms with E-state index in [2.05, 4.69) is 99.6 Å². The van der Waals surface area contributed by atoms with Crippen LogP contribution in [0.2, 0.25) is 0 Å². The molecule has 10 nitrogen and oxygen atoms in total. The molecule has 8 aromatic carbocycles. The molecule has 0 fully saturated rings. The fraction of sp³-hybridized carbons (Fsp3) is 0.143. The van der Waals surface area contributed by atoms with E-state index in [-0.39, 0.29) is 64.6 Å². The van der Waals surface area contributed by atoms with Crippen molar-refractivity contribution in [1.29, 1.82) is 0 Å². The third-order valence-electron chi connectivity index (χ3n) is 12.2. The van der Waals surface area contributed by atoms with Crippen LogP contribution < -0.4 is 91.8 Å². The van der Waals surface area contributed by atoms with E-state index in [9.17, 15) is 13.0 Å². The van der Waals surface area contributed by atoms with Gasteiger partial charge in [0.25, 0.3) is 0 Å². The van der Waals surface area contributed by atoms with Crippen LogP contribution >= 0.6 is 11.8 Å². The predicted molar refractivity (Wildman–Crippen MR) is 274 cm³/mol. The van der Waals surface area contributed by atoms with Gasteiger partial charge in [-0.25, -0.2) is 8.42 Å². The molecule has 69 heavy (non-hydrogen) atoms. The standard InChI is InChI=1S/C56H51N3O7S2.Rb/c1-38(68(60,61)62)34-35-57-53-36-41(39-6-12-43(13-7-39)58(45-16-24-49(63-2)25-17-45)46-18-26-50(64-3)27-19-46)10-32-55(53)67-56-33-11-42(37-54(56)57)40-8-14-44(15-9-40)59(47-20-28-51(65-4)29-21-47)48-22-30-52(66-5)31-23-48;/h6-33,36-38H,34-35H2,1-5H3,(H,60,61,62);/q;+1/p-1. The van der Waals surface area contributed by atoms with Crippen LogP contribution in [0.3, 0.4) is 0 Å². The first-order chi connectivity index (χ1) is 33.0. The molecular weight excluding hydrogens is 976 g/mol. The van der Waals surface area contributed by atoms with E-state index in [0.717, 1.165) is 101 Å². The summed E-state index contributed by atoms with van der Waals surface area (Å²) in [6.45, 7) is 1.81.